The SMILES string of the molecule is c1ccc(-n2c3ccccc3c3c4cccc5c4c(cc32)-c2cc(-c3ccc4c(c3)c3ccccc3n4-c3cccc4ccccc34)ccc2S5)cc1. The Morgan fingerprint density at radius 2 is 1.00 bits per heavy atom. The van der Waals surface area contributed by atoms with Gasteiger partial charge in [-0.1, -0.05) is 127 Å². The molecule has 0 radical (unpaired) electrons. The van der Waals surface area contributed by atoms with Crippen molar-refractivity contribution in [3.05, 3.63) is 182 Å². The summed E-state index contributed by atoms with van der Waals surface area (Å²) in [4.78, 5) is 2.61. The van der Waals surface area contributed by atoms with E-state index in [1.165, 1.54) is 109 Å². The number of benzene rings is 9. The van der Waals surface area contributed by atoms with Crippen molar-refractivity contribution in [2.24, 2.45) is 0 Å². The van der Waals surface area contributed by atoms with Crippen LogP contribution in [-0.2, 0) is 0 Å². The summed E-state index contributed by atoms with van der Waals surface area (Å²) >= 11 is 1.89. The molecule has 0 aliphatic carbocycles. The van der Waals surface area contributed by atoms with E-state index in [2.05, 4.69) is 191 Å². The maximum atomic E-state index is 2.46. The molecule has 12 rings (SSSR count). The predicted octanol–water partition coefficient (Wildman–Crippen LogP) is 14.0. The van der Waals surface area contributed by atoms with Crippen LogP contribution in [0.15, 0.2) is 192 Å². The summed E-state index contributed by atoms with van der Waals surface area (Å²) in [5.41, 5.74) is 12.3. The number of fused-ring (bicyclic) bond motifs is 10. The van der Waals surface area contributed by atoms with Crippen LogP contribution in [0.25, 0.3) is 98.8 Å². The summed E-state index contributed by atoms with van der Waals surface area (Å²) < 4.78 is 4.88. The Morgan fingerprint density at radius 3 is 1.89 bits per heavy atom. The number of hydrogen-bond donors (Lipinski definition) is 0. The van der Waals surface area contributed by atoms with Crippen LogP contribution in [0.4, 0.5) is 0 Å². The lowest BCUT2D eigenvalue weighted by molar-refractivity contribution is 1.18. The molecule has 1 aliphatic heterocycles. The molecule has 0 saturated carbocycles. The molecule has 1 aliphatic rings. The van der Waals surface area contributed by atoms with Crippen LogP contribution in [-0.4, -0.2) is 9.13 Å². The largest absolute Gasteiger partial charge is 0.309 e. The first-order valence-corrected chi connectivity index (χ1v) is 19.0. The van der Waals surface area contributed by atoms with Gasteiger partial charge in [0.05, 0.1) is 27.8 Å². The van der Waals surface area contributed by atoms with Gasteiger partial charge in [-0.25, -0.2) is 0 Å². The Labute approximate surface area is 310 Å². The summed E-state index contributed by atoms with van der Waals surface area (Å²) in [5.74, 6) is 0. The highest BCUT2D eigenvalue weighted by atomic mass is 32.2. The summed E-state index contributed by atoms with van der Waals surface area (Å²) in [6, 6.07) is 67.2. The lowest BCUT2D eigenvalue weighted by Gasteiger charge is -2.22. The highest BCUT2D eigenvalue weighted by Crippen LogP contribution is 2.52. The van der Waals surface area contributed by atoms with Crippen LogP contribution in [0.2, 0.25) is 0 Å². The third-order valence-corrected chi connectivity index (χ3v) is 12.4. The van der Waals surface area contributed by atoms with Gasteiger partial charge in [-0.2, -0.15) is 0 Å². The van der Waals surface area contributed by atoms with Crippen LogP contribution in [0.5, 0.6) is 0 Å². The fraction of sp³-hybridized carbons (Fsp3) is 0. The fourth-order valence-corrected chi connectivity index (χ4v) is 10.1. The molecule has 0 N–H and O–H groups in total. The van der Waals surface area contributed by atoms with Crippen LogP contribution in [0.3, 0.4) is 0 Å². The number of nitrogens with zero attached hydrogens (tertiary/aromatic N) is 2. The summed E-state index contributed by atoms with van der Waals surface area (Å²) in [7, 11) is 0. The zero-order valence-electron chi connectivity index (χ0n) is 28.6. The maximum absolute atomic E-state index is 2.46. The lowest BCUT2D eigenvalue weighted by atomic mass is 9.92. The predicted molar refractivity (Wildman–Crippen MR) is 225 cm³/mol. The standard InChI is InChI=1S/C50H30N2S/c1-2-14-34(15-3-1)51-44-21-9-7-18-37(44)49-38-19-11-23-48-50(38)41(30-46(49)51)40-29-33(25-27-47(40)53-48)32-24-26-45-39(28-32)36-17-6-8-20-43(36)52(45)42-22-10-13-31-12-4-5-16-35(31)42/h1-30H. The Morgan fingerprint density at radius 1 is 0.340 bits per heavy atom. The second-order valence-corrected chi connectivity index (χ2v) is 15.2. The molecule has 0 unspecified atom stereocenters. The molecule has 2 aromatic heterocycles. The van der Waals surface area contributed by atoms with Crippen molar-refractivity contribution in [1.82, 2.24) is 9.13 Å². The average Bonchev–Trinajstić information content (AvgIpc) is 3.73. The third kappa shape index (κ3) is 4.11. The first-order chi connectivity index (χ1) is 26.3. The number of aromatic nitrogens is 2. The van der Waals surface area contributed by atoms with Crippen molar-refractivity contribution in [1.29, 1.82) is 0 Å². The van der Waals surface area contributed by atoms with Crippen LogP contribution >= 0.6 is 11.8 Å². The van der Waals surface area contributed by atoms with E-state index >= 15 is 0 Å². The van der Waals surface area contributed by atoms with Crippen molar-refractivity contribution in [3.8, 4) is 33.6 Å². The molecule has 3 heterocycles. The smallest absolute Gasteiger partial charge is 0.0553 e. The van der Waals surface area contributed by atoms with Gasteiger partial charge in [0.2, 0.25) is 0 Å². The fourth-order valence-electron chi connectivity index (χ4n) is 9.00. The number of para-hydroxylation sites is 3. The Kier molecular flexibility index (Phi) is 6.02. The van der Waals surface area contributed by atoms with Crippen LogP contribution < -0.4 is 0 Å². The Hall–Kier alpha value is -6.55. The monoisotopic (exact) mass is 690 g/mol. The first kappa shape index (κ1) is 29.1. The second-order valence-electron chi connectivity index (χ2n) is 14.1. The quantitative estimate of drug-likeness (QED) is 0.179. The highest BCUT2D eigenvalue weighted by molar-refractivity contribution is 7.99. The maximum Gasteiger partial charge on any atom is 0.0553 e. The normalized spacial score (nSPS) is 12.5. The Bertz CT molecular complexity index is 3310. The van der Waals surface area contributed by atoms with Crippen molar-refractivity contribution in [2.45, 2.75) is 9.79 Å². The lowest BCUT2D eigenvalue weighted by Crippen LogP contribution is -1.97. The first-order valence-electron chi connectivity index (χ1n) is 18.2. The molecule has 11 aromatic rings. The molecular formula is C50H30N2S. The van der Waals surface area contributed by atoms with Crippen molar-refractivity contribution in [3.63, 3.8) is 0 Å². The van der Waals surface area contributed by atoms with E-state index < -0.39 is 0 Å². The summed E-state index contributed by atoms with van der Waals surface area (Å²) in [6.45, 7) is 0. The molecule has 2 nitrogen and oxygen atoms in total. The zero-order chi connectivity index (χ0) is 34.6. The van der Waals surface area contributed by atoms with Gasteiger partial charge >= 0.3 is 0 Å². The van der Waals surface area contributed by atoms with Crippen LogP contribution in [0, 0.1) is 0 Å². The minimum Gasteiger partial charge on any atom is -0.309 e. The number of rotatable bonds is 3. The van der Waals surface area contributed by atoms with Gasteiger partial charge in [-0.15, -0.1) is 0 Å². The molecule has 0 atom stereocenters. The van der Waals surface area contributed by atoms with E-state index in [-0.39, 0.29) is 0 Å². The summed E-state index contributed by atoms with van der Waals surface area (Å²) in [5, 5.41) is 10.3. The molecular weight excluding hydrogens is 661 g/mol. The van der Waals surface area contributed by atoms with E-state index in [1.54, 1.807) is 0 Å². The minimum atomic E-state index is 1.18. The molecule has 246 valence electrons. The number of hydrogen-bond acceptors (Lipinski definition) is 1. The summed E-state index contributed by atoms with van der Waals surface area (Å²) in [6.07, 6.45) is 0. The van der Waals surface area contributed by atoms with Crippen LogP contribution in [0.1, 0.15) is 0 Å². The van der Waals surface area contributed by atoms with Crippen molar-refractivity contribution >= 4 is 76.9 Å². The minimum absolute atomic E-state index is 1.18. The third-order valence-electron chi connectivity index (χ3n) is 11.3. The van der Waals surface area contributed by atoms with E-state index in [0.29, 0.717) is 0 Å². The Balaban J connectivity index is 1.09. The molecule has 0 amide bonds. The van der Waals surface area contributed by atoms with Gasteiger partial charge in [0.25, 0.3) is 0 Å². The van der Waals surface area contributed by atoms with Gasteiger partial charge in [-0.3, -0.25) is 0 Å². The van der Waals surface area contributed by atoms with Gasteiger partial charge in [0.1, 0.15) is 0 Å². The molecule has 0 fully saturated rings. The second kappa shape index (κ2) is 11.0. The molecule has 53 heavy (non-hydrogen) atoms. The van der Waals surface area contributed by atoms with Gasteiger partial charge in [0, 0.05) is 47.8 Å². The average molecular weight is 691 g/mol. The van der Waals surface area contributed by atoms with Gasteiger partial charge < -0.3 is 9.13 Å². The van der Waals surface area contributed by atoms with Crippen molar-refractivity contribution in [2.75, 3.05) is 0 Å². The van der Waals surface area contributed by atoms with E-state index in [1.807, 2.05) is 11.8 Å². The van der Waals surface area contributed by atoms with Crippen molar-refractivity contribution < 1.29 is 0 Å². The molecule has 3 heteroatoms. The highest BCUT2D eigenvalue weighted by Gasteiger charge is 2.25. The molecule has 9 aromatic carbocycles. The molecule has 0 spiro atoms. The zero-order valence-corrected chi connectivity index (χ0v) is 29.4. The van der Waals surface area contributed by atoms with E-state index in [4.69, 9.17) is 0 Å². The van der Waals surface area contributed by atoms with E-state index in [9.17, 15) is 0 Å². The van der Waals surface area contributed by atoms with E-state index in [0.717, 1.165) is 0 Å². The van der Waals surface area contributed by atoms with Gasteiger partial charge in [-0.05, 0) is 99.8 Å². The molecule has 0 saturated heterocycles. The topological polar surface area (TPSA) is 9.86 Å². The van der Waals surface area contributed by atoms with Gasteiger partial charge in [0.15, 0.2) is 0 Å². The molecule has 0 bridgehead atoms.